The molecular weight excluding hydrogens is 208 g/mol. The summed E-state index contributed by atoms with van der Waals surface area (Å²) >= 11 is 0. The van der Waals surface area contributed by atoms with E-state index in [1.807, 2.05) is 27.7 Å². The third-order valence-corrected chi connectivity index (χ3v) is 3.07. The van der Waals surface area contributed by atoms with Crippen molar-refractivity contribution in [2.45, 2.75) is 58.0 Å². The fourth-order valence-corrected chi connectivity index (χ4v) is 1.95. The summed E-state index contributed by atoms with van der Waals surface area (Å²) in [6.45, 7) is 9.14. The van der Waals surface area contributed by atoms with Crippen LogP contribution >= 0.6 is 0 Å². The highest BCUT2D eigenvalue weighted by Gasteiger charge is 2.36. The fraction of sp³-hybridized carbons (Fsp3) is 1.00. The van der Waals surface area contributed by atoms with Gasteiger partial charge >= 0.3 is 0 Å². The van der Waals surface area contributed by atoms with Crippen LogP contribution in [0.5, 0.6) is 0 Å². The number of hydrogen-bond donors (Lipinski definition) is 2. The Labute approximate surface area is 97.6 Å². The summed E-state index contributed by atoms with van der Waals surface area (Å²) in [4.78, 5) is 0. The van der Waals surface area contributed by atoms with Crippen molar-refractivity contribution in [3.63, 3.8) is 0 Å². The number of rotatable bonds is 0. The van der Waals surface area contributed by atoms with Crippen molar-refractivity contribution in [2.24, 2.45) is 5.92 Å². The minimum absolute atomic E-state index is 0.0139. The maximum Gasteiger partial charge on any atom is 0.0826 e. The molecule has 2 saturated heterocycles. The van der Waals surface area contributed by atoms with Crippen molar-refractivity contribution in [3.05, 3.63) is 0 Å². The molecule has 2 aliphatic rings. The predicted molar refractivity (Wildman–Crippen MR) is 61.2 cm³/mol. The van der Waals surface area contributed by atoms with E-state index in [4.69, 9.17) is 14.6 Å². The molecule has 4 nitrogen and oxygen atoms in total. The molecule has 0 saturated carbocycles. The second-order valence-electron chi connectivity index (χ2n) is 5.44. The molecule has 16 heavy (non-hydrogen) atoms. The summed E-state index contributed by atoms with van der Waals surface area (Å²) in [5.41, 5.74) is -0.112. The Balaban J connectivity index is 0.000000165. The van der Waals surface area contributed by atoms with E-state index in [0.717, 1.165) is 13.0 Å². The van der Waals surface area contributed by atoms with E-state index in [2.05, 4.69) is 0 Å². The monoisotopic (exact) mass is 232 g/mol. The van der Waals surface area contributed by atoms with Crippen LogP contribution in [0.2, 0.25) is 0 Å². The zero-order valence-corrected chi connectivity index (χ0v) is 10.6. The largest absolute Gasteiger partial charge is 0.390 e. The molecule has 2 aliphatic heterocycles. The molecule has 0 aromatic heterocycles. The minimum atomic E-state index is -0.264. The van der Waals surface area contributed by atoms with Crippen LogP contribution in [0.1, 0.15) is 34.1 Å². The Morgan fingerprint density at radius 2 is 1.69 bits per heavy atom. The first-order valence-electron chi connectivity index (χ1n) is 5.93. The van der Waals surface area contributed by atoms with Crippen molar-refractivity contribution in [2.75, 3.05) is 13.2 Å². The number of ether oxygens (including phenoxy) is 2. The zero-order valence-electron chi connectivity index (χ0n) is 10.6. The standard InChI is InChI=1S/C7H14O2.C5H10O2/c1-5-6(8)4-7(2,3)9-5;1-4-2-7-3-5(4)6/h5-6,8H,4H2,1-3H3;4-6H,2-3H2,1H3. The van der Waals surface area contributed by atoms with Gasteiger partial charge in [-0.1, -0.05) is 6.92 Å². The van der Waals surface area contributed by atoms with E-state index >= 15 is 0 Å². The Bertz CT molecular complexity index is 197. The van der Waals surface area contributed by atoms with Gasteiger partial charge in [0, 0.05) is 12.3 Å². The van der Waals surface area contributed by atoms with Gasteiger partial charge in [-0.05, 0) is 20.8 Å². The number of aliphatic hydroxyl groups excluding tert-OH is 2. The molecule has 0 spiro atoms. The zero-order chi connectivity index (χ0) is 12.3. The van der Waals surface area contributed by atoms with Crippen LogP contribution in [-0.4, -0.2) is 47.3 Å². The molecule has 0 bridgehead atoms. The van der Waals surface area contributed by atoms with Crippen molar-refractivity contribution >= 4 is 0 Å². The summed E-state index contributed by atoms with van der Waals surface area (Å²) in [5, 5.41) is 18.1. The van der Waals surface area contributed by atoms with Gasteiger partial charge in [-0.2, -0.15) is 0 Å². The highest BCUT2D eigenvalue weighted by Crippen LogP contribution is 2.29. The van der Waals surface area contributed by atoms with Gasteiger partial charge in [0.1, 0.15) is 0 Å². The lowest BCUT2D eigenvalue weighted by Crippen LogP contribution is -2.18. The summed E-state index contributed by atoms with van der Waals surface area (Å²) < 4.78 is 10.3. The van der Waals surface area contributed by atoms with E-state index in [-0.39, 0.29) is 23.9 Å². The van der Waals surface area contributed by atoms with Crippen LogP contribution in [0, 0.1) is 5.92 Å². The number of hydrogen-bond acceptors (Lipinski definition) is 4. The summed E-state index contributed by atoms with van der Waals surface area (Å²) in [7, 11) is 0. The van der Waals surface area contributed by atoms with Crippen molar-refractivity contribution in [3.8, 4) is 0 Å². The van der Waals surface area contributed by atoms with Crippen molar-refractivity contribution in [1.82, 2.24) is 0 Å². The lowest BCUT2D eigenvalue weighted by molar-refractivity contribution is -0.0217. The maximum absolute atomic E-state index is 9.21. The fourth-order valence-electron chi connectivity index (χ4n) is 1.95. The first-order valence-corrected chi connectivity index (χ1v) is 5.93. The lowest BCUT2D eigenvalue weighted by Gasteiger charge is -2.16. The predicted octanol–water partition coefficient (Wildman–Crippen LogP) is 0.948. The first-order chi connectivity index (χ1) is 7.32. The molecule has 2 fully saturated rings. The lowest BCUT2D eigenvalue weighted by atomic mass is 10.0. The molecule has 96 valence electrons. The molecule has 4 atom stereocenters. The average Bonchev–Trinajstić information content (AvgIpc) is 2.59. The summed E-state index contributed by atoms with van der Waals surface area (Å²) in [6.07, 6.45) is 0.300. The molecule has 0 radical (unpaired) electrons. The van der Waals surface area contributed by atoms with E-state index < -0.39 is 0 Å². The van der Waals surface area contributed by atoms with Crippen LogP contribution in [0.3, 0.4) is 0 Å². The molecule has 4 unspecified atom stereocenters. The molecular formula is C12H24O4. The molecule has 0 amide bonds. The average molecular weight is 232 g/mol. The normalized spacial score (nSPS) is 41.6. The van der Waals surface area contributed by atoms with Gasteiger partial charge < -0.3 is 19.7 Å². The van der Waals surface area contributed by atoms with Crippen molar-refractivity contribution < 1.29 is 19.7 Å². The van der Waals surface area contributed by atoms with Crippen molar-refractivity contribution in [1.29, 1.82) is 0 Å². The van der Waals surface area contributed by atoms with Crippen LogP contribution in [0.15, 0.2) is 0 Å². The SMILES string of the molecule is CC1COCC1O.CC1OC(C)(C)CC1O. The van der Waals surface area contributed by atoms with Crippen LogP contribution < -0.4 is 0 Å². The topological polar surface area (TPSA) is 58.9 Å². The van der Waals surface area contributed by atoms with Gasteiger partial charge in [0.25, 0.3) is 0 Å². The van der Waals surface area contributed by atoms with E-state index in [1.54, 1.807) is 0 Å². The van der Waals surface area contributed by atoms with E-state index in [9.17, 15) is 5.11 Å². The van der Waals surface area contributed by atoms with E-state index in [1.165, 1.54) is 0 Å². The third kappa shape index (κ3) is 4.01. The quantitative estimate of drug-likeness (QED) is 0.653. The molecule has 2 heterocycles. The van der Waals surface area contributed by atoms with Gasteiger partial charge in [-0.15, -0.1) is 0 Å². The Morgan fingerprint density at radius 3 is 1.81 bits per heavy atom. The Kier molecular flexibility index (Phi) is 4.73. The van der Waals surface area contributed by atoms with Gasteiger partial charge in [0.05, 0.1) is 37.1 Å². The smallest absolute Gasteiger partial charge is 0.0826 e. The van der Waals surface area contributed by atoms with Crippen LogP contribution in [0.25, 0.3) is 0 Å². The van der Waals surface area contributed by atoms with Crippen LogP contribution in [0.4, 0.5) is 0 Å². The summed E-state index contributed by atoms with van der Waals surface area (Å²) in [5.74, 6) is 0.347. The second-order valence-corrected chi connectivity index (χ2v) is 5.44. The molecule has 2 N–H and O–H groups in total. The van der Waals surface area contributed by atoms with Gasteiger partial charge in [-0.3, -0.25) is 0 Å². The highest BCUT2D eigenvalue weighted by molar-refractivity contribution is 4.85. The second kappa shape index (κ2) is 5.45. The van der Waals surface area contributed by atoms with E-state index in [0.29, 0.717) is 12.5 Å². The summed E-state index contributed by atoms with van der Waals surface area (Å²) in [6, 6.07) is 0. The minimum Gasteiger partial charge on any atom is -0.390 e. The van der Waals surface area contributed by atoms with Crippen LogP contribution in [-0.2, 0) is 9.47 Å². The molecule has 0 aromatic carbocycles. The maximum atomic E-state index is 9.21. The highest BCUT2D eigenvalue weighted by atomic mass is 16.5. The molecule has 2 rings (SSSR count). The molecule has 0 aromatic rings. The number of aliphatic hydroxyl groups is 2. The van der Waals surface area contributed by atoms with Gasteiger partial charge in [0.15, 0.2) is 0 Å². The molecule has 4 heteroatoms. The van der Waals surface area contributed by atoms with Gasteiger partial charge in [-0.25, -0.2) is 0 Å². The molecule has 0 aliphatic carbocycles. The first kappa shape index (κ1) is 13.9. The Morgan fingerprint density at radius 1 is 1.06 bits per heavy atom. The Hall–Kier alpha value is -0.160. The third-order valence-electron chi connectivity index (χ3n) is 3.07. The van der Waals surface area contributed by atoms with Gasteiger partial charge in [0.2, 0.25) is 0 Å².